The van der Waals surface area contributed by atoms with Crippen LogP contribution in [0.5, 0.6) is 0 Å². The molecule has 0 aromatic carbocycles. The number of hydrogen-bond donors (Lipinski definition) is 0. The van der Waals surface area contributed by atoms with Gasteiger partial charge in [0.05, 0.1) is 44.6 Å². The summed E-state index contributed by atoms with van der Waals surface area (Å²) in [7, 11) is -11.7. The fourth-order valence-electron chi connectivity index (χ4n) is 3.93. The van der Waals surface area contributed by atoms with Crippen molar-refractivity contribution in [2.45, 2.75) is 111 Å². The van der Waals surface area contributed by atoms with E-state index in [0.717, 1.165) is 37.7 Å². The van der Waals surface area contributed by atoms with Crippen LogP contribution >= 0.6 is 28.9 Å². The van der Waals surface area contributed by atoms with E-state index < -0.39 is 41.0 Å². The van der Waals surface area contributed by atoms with Gasteiger partial charge in [0.2, 0.25) is 7.45 Å². The van der Waals surface area contributed by atoms with Crippen LogP contribution in [0.15, 0.2) is 0 Å². The van der Waals surface area contributed by atoms with Crippen molar-refractivity contribution in [1.29, 1.82) is 26.3 Å². The Labute approximate surface area is 293 Å². The monoisotopic (exact) mass is 775 g/mol. The highest BCUT2D eigenvalue weighted by atomic mass is 31.2. The molecule has 0 saturated carbocycles. The predicted octanol–water partition coefficient (Wildman–Crippen LogP) is 11.8. The maximum atomic E-state index is 12.7. The van der Waals surface area contributed by atoms with Gasteiger partial charge in [0.1, 0.15) is 0 Å². The van der Waals surface area contributed by atoms with E-state index >= 15 is 0 Å². The minimum atomic E-state index is -4.64. The number of nitrogens with zero attached hydrogens (tertiary/aromatic N) is 5. The number of nitriles is 5. The number of halogens is 4. The highest BCUT2D eigenvalue weighted by Crippen LogP contribution is 2.61. The summed E-state index contributed by atoms with van der Waals surface area (Å²) in [6, 6.07) is 9.43. The lowest BCUT2D eigenvalue weighted by atomic mass is 10.4. The van der Waals surface area contributed by atoms with Crippen molar-refractivity contribution in [2.75, 3.05) is 61.6 Å². The van der Waals surface area contributed by atoms with Crippen molar-refractivity contribution < 1.29 is 35.6 Å². The second kappa shape index (κ2) is 32.0. The molecular weight excluding hydrogens is 718 g/mol. The smallest absolute Gasteiger partial charge is 0.324 e. The van der Waals surface area contributed by atoms with Crippen LogP contribution in [0.4, 0.5) is 17.4 Å². The Bertz CT molecular complexity index is 1260. The van der Waals surface area contributed by atoms with Crippen LogP contribution in [0, 0.1) is 56.7 Å². The molecule has 282 valence electrons. The van der Waals surface area contributed by atoms with E-state index in [1.165, 1.54) is 0 Å². The Morgan fingerprint density at radius 1 is 0.469 bits per heavy atom. The SMILES string of the molecule is CCCCP(=O)(CC)CCCC#N.CCCCP(=O)(CCC#N)C(F)(F)F.CCCP(=O)(F)CCC#N.CCP(=O)(CCC#N)CCC#N. The normalized spacial score (nSPS) is 14.2. The van der Waals surface area contributed by atoms with Crippen molar-refractivity contribution in [3.05, 3.63) is 0 Å². The first-order valence-electron chi connectivity index (χ1n) is 16.8. The molecule has 0 aliphatic rings. The molecule has 0 fully saturated rings. The molecular formula is C32H57F4N5O4P4. The molecule has 0 heterocycles. The zero-order valence-electron chi connectivity index (χ0n) is 30.0. The third-order valence-electron chi connectivity index (χ3n) is 7.22. The van der Waals surface area contributed by atoms with Crippen molar-refractivity contribution >= 4 is 28.9 Å². The summed E-state index contributed by atoms with van der Waals surface area (Å²) in [5.41, 5.74) is 0. The summed E-state index contributed by atoms with van der Waals surface area (Å²) in [4.78, 5) is 0. The average molecular weight is 776 g/mol. The summed E-state index contributed by atoms with van der Waals surface area (Å²) >= 11 is 0. The molecule has 0 N–H and O–H groups in total. The van der Waals surface area contributed by atoms with E-state index in [0.29, 0.717) is 57.0 Å². The molecule has 3 unspecified atom stereocenters. The van der Waals surface area contributed by atoms with Crippen LogP contribution in [-0.4, -0.2) is 67.5 Å². The Balaban J connectivity index is -0.000000277. The van der Waals surface area contributed by atoms with Crippen LogP contribution in [-0.2, 0) is 18.3 Å². The molecule has 0 spiro atoms. The van der Waals surface area contributed by atoms with Crippen LogP contribution < -0.4 is 0 Å². The third-order valence-corrected chi connectivity index (χ3v) is 18.8. The molecule has 3 atom stereocenters. The fourth-order valence-corrected chi connectivity index (χ4v) is 11.6. The second-order valence-electron chi connectivity index (χ2n) is 11.3. The first-order chi connectivity index (χ1) is 22.9. The first-order valence-corrected chi connectivity index (χ1v) is 25.3. The fraction of sp³-hybridized carbons (Fsp3) is 0.844. The topological polar surface area (TPSA) is 187 Å². The largest absolute Gasteiger partial charge is 0.439 e. The van der Waals surface area contributed by atoms with Crippen LogP contribution in [0.3, 0.4) is 0 Å². The number of rotatable bonds is 21. The lowest BCUT2D eigenvalue weighted by Gasteiger charge is -2.19. The molecule has 0 bridgehead atoms. The molecule has 0 aliphatic carbocycles. The van der Waals surface area contributed by atoms with Gasteiger partial charge < -0.3 is 13.7 Å². The molecule has 0 rings (SSSR count). The second-order valence-corrected chi connectivity index (χ2v) is 24.2. The third kappa shape index (κ3) is 31.8. The molecule has 0 aromatic rings. The zero-order chi connectivity index (χ0) is 38.9. The standard InChI is InChI=1S/C10H20NOP.C8H13F3NOP.C8H13N2OP.C6H11FNOP/c1-3-5-9-13(12,4-2)10-7-6-8-11;1-2-3-6-14(13,7-4-5-12)8(9,10)11;1-2-12(11,7-3-5-9)8-4-6-10;1-2-5-10(7,9)6-3-4-8/h3-7,9-10H2,1-2H3;2-4,6-7H2,1H3;2-4,7-8H2,1H3;2-3,5-6H2,1H3. The Morgan fingerprint density at radius 3 is 1.20 bits per heavy atom. The first kappa shape index (κ1) is 53.9. The molecule has 0 aliphatic heterocycles. The highest BCUT2D eigenvalue weighted by Gasteiger charge is 2.49. The minimum absolute atomic E-state index is 0.0633. The van der Waals surface area contributed by atoms with Gasteiger partial charge >= 0.3 is 5.92 Å². The molecule has 9 nitrogen and oxygen atoms in total. The van der Waals surface area contributed by atoms with E-state index in [1.807, 2.05) is 26.0 Å². The Hall–Kier alpha value is -1.91. The van der Waals surface area contributed by atoms with Gasteiger partial charge in [0, 0.05) is 81.4 Å². The van der Waals surface area contributed by atoms with Crippen LogP contribution in [0.2, 0.25) is 0 Å². The lowest BCUT2D eigenvalue weighted by molar-refractivity contribution is -0.0467. The van der Waals surface area contributed by atoms with Gasteiger partial charge in [-0.25, -0.2) is 0 Å². The minimum Gasteiger partial charge on any atom is -0.324 e. The molecule has 17 heteroatoms. The van der Waals surface area contributed by atoms with E-state index in [4.69, 9.17) is 26.3 Å². The summed E-state index contributed by atoms with van der Waals surface area (Å²) in [5.74, 6) is -4.64. The zero-order valence-corrected chi connectivity index (χ0v) is 33.6. The predicted molar refractivity (Wildman–Crippen MR) is 193 cm³/mol. The summed E-state index contributed by atoms with van der Waals surface area (Å²) in [5, 5.41) is 41.2. The van der Waals surface area contributed by atoms with Gasteiger partial charge in [-0.3, -0.25) is 4.57 Å². The summed E-state index contributed by atoms with van der Waals surface area (Å²) in [6.45, 7) is 9.50. The van der Waals surface area contributed by atoms with E-state index in [1.54, 1.807) is 26.0 Å². The lowest BCUT2D eigenvalue weighted by Crippen LogP contribution is -2.14. The molecule has 0 amide bonds. The van der Waals surface area contributed by atoms with Gasteiger partial charge in [-0.1, -0.05) is 47.5 Å². The Morgan fingerprint density at radius 2 is 0.837 bits per heavy atom. The summed E-state index contributed by atoms with van der Waals surface area (Å²) in [6.07, 6.45) is 8.66. The van der Waals surface area contributed by atoms with Gasteiger partial charge in [-0.15, -0.1) is 0 Å². The number of unbranched alkanes of at least 4 members (excludes halogenated alkanes) is 3. The van der Waals surface area contributed by atoms with Crippen LogP contribution in [0.1, 0.15) is 105 Å². The van der Waals surface area contributed by atoms with Crippen molar-refractivity contribution in [2.24, 2.45) is 0 Å². The van der Waals surface area contributed by atoms with Crippen molar-refractivity contribution in [3.8, 4) is 30.3 Å². The van der Waals surface area contributed by atoms with Crippen molar-refractivity contribution in [1.82, 2.24) is 0 Å². The maximum absolute atomic E-state index is 12.7. The Kier molecular flexibility index (Phi) is 35.2. The van der Waals surface area contributed by atoms with Gasteiger partial charge in [0.25, 0.3) is 0 Å². The highest BCUT2D eigenvalue weighted by molar-refractivity contribution is 7.65. The van der Waals surface area contributed by atoms with E-state index in [9.17, 15) is 35.6 Å². The van der Waals surface area contributed by atoms with Gasteiger partial charge in [-0.05, 0) is 38.0 Å². The molecule has 0 aromatic heterocycles. The van der Waals surface area contributed by atoms with Crippen molar-refractivity contribution in [3.63, 3.8) is 0 Å². The quantitative estimate of drug-likeness (QED) is 0.0620. The van der Waals surface area contributed by atoms with Gasteiger partial charge in [0.15, 0.2) is 7.14 Å². The molecule has 0 radical (unpaired) electrons. The number of alkyl halides is 3. The van der Waals surface area contributed by atoms with Gasteiger partial charge in [-0.2, -0.15) is 43.7 Å². The molecule has 49 heavy (non-hydrogen) atoms. The number of hydrogen-bond acceptors (Lipinski definition) is 9. The average Bonchev–Trinajstić information content (AvgIpc) is 3.06. The summed E-state index contributed by atoms with van der Waals surface area (Å²) < 4.78 is 96.0. The van der Waals surface area contributed by atoms with Crippen LogP contribution in [0.25, 0.3) is 0 Å². The van der Waals surface area contributed by atoms with E-state index in [2.05, 4.69) is 13.0 Å². The molecule has 0 saturated heterocycles. The van der Waals surface area contributed by atoms with E-state index in [-0.39, 0.29) is 31.3 Å². The maximum Gasteiger partial charge on any atom is 0.439 e.